The molecular weight excluding hydrogens is 214 g/mol. The van der Waals surface area contributed by atoms with E-state index >= 15 is 0 Å². The van der Waals surface area contributed by atoms with Crippen LogP contribution >= 0.6 is 0 Å². The Kier molecular flexibility index (Phi) is 4.20. The first-order chi connectivity index (χ1) is 8.31. The molecule has 0 saturated carbocycles. The molecule has 2 heterocycles. The van der Waals surface area contributed by atoms with Crippen molar-refractivity contribution in [3.05, 3.63) is 18.3 Å². The fraction of sp³-hybridized carbons (Fsp3) is 0.615. The topological polar surface area (TPSA) is 51.4 Å². The second-order valence-electron chi connectivity index (χ2n) is 4.50. The molecule has 4 nitrogen and oxygen atoms in total. The van der Waals surface area contributed by atoms with Gasteiger partial charge in [0.15, 0.2) is 11.6 Å². The average molecular weight is 235 g/mol. The SMILES string of the molecule is CCCOc1cccnc1N1CCC(N)CC1. The summed E-state index contributed by atoms with van der Waals surface area (Å²) in [5.41, 5.74) is 5.91. The molecule has 1 fully saturated rings. The van der Waals surface area contributed by atoms with Gasteiger partial charge in [-0.15, -0.1) is 0 Å². The van der Waals surface area contributed by atoms with E-state index in [1.165, 1.54) is 0 Å². The third-order valence-corrected chi connectivity index (χ3v) is 3.05. The maximum atomic E-state index is 5.91. The fourth-order valence-electron chi connectivity index (χ4n) is 2.06. The summed E-state index contributed by atoms with van der Waals surface area (Å²) in [6.07, 6.45) is 4.90. The third kappa shape index (κ3) is 3.09. The van der Waals surface area contributed by atoms with Gasteiger partial charge in [0, 0.05) is 25.3 Å². The van der Waals surface area contributed by atoms with Crippen molar-refractivity contribution >= 4 is 5.82 Å². The Hall–Kier alpha value is -1.29. The lowest BCUT2D eigenvalue weighted by atomic mass is 10.1. The number of piperidine rings is 1. The molecule has 0 spiro atoms. The summed E-state index contributed by atoms with van der Waals surface area (Å²) >= 11 is 0. The van der Waals surface area contributed by atoms with Crippen molar-refractivity contribution in [2.75, 3.05) is 24.6 Å². The third-order valence-electron chi connectivity index (χ3n) is 3.05. The van der Waals surface area contributed by atoms with Crippen LogP contribution in [0.1, 0.15) is 26.2 Å². The smallest absolute Gasteiger partial charge is 0.171 e. The number of hydrogen-bond donors (Lipinski definition) is 1. The highest BCUT2D eigenvalue weighted by Gasteiger charge is 2.19. The Morgan fingerprint density at radius 1 is 1.47 bits per heavy atom. The number of aromatic nitrogens is 1. The van der Waals surface area contributed by atoms with Gasteiger partial charge in [-0.1, -0.05) is 6.92 Å². The quantitative estimate of drug-likeness (QED) is 0.864. The van der Waals surface area contributed by atoms with Crippen molar-refractivity contribution < 1.29 is 4.74 Å². The van der Waals surface area contributed by atoms with Crippen molar-refractivity contribution in [3.8, 4) is 5.75 Å². The number of anilines is 1. The van der Waals surface area contributed by atoms with Gasteiger partial charge in [0.2, 0.25) is 0 Å². The van der Waals surface area contributed by atoms with Crippen LogP contribution in [0.4, 0.5) is 5.82 Å². The molecular formula is C13H21N3O. The van der Waals surface area contributed by atoms with E-state index in [-0.39, 0.29) is 0 Å². The van der Waals surface area contributed by atoms with E-state index in [0.29, 0.717) is 6.04 Å². The number of hydrogen-bond acceptors (Lipinski definition) is 4. The summed E-state index contributed by atoms with van der Waals surface area (Å²) in [6, 6.07) is 4.26. The molecule has 1 aromatic heterocycles. The zero-order chi connectivity index (χ0) is 12.1. The molecule has 2 N–H and O–H groups in total. The highest BCUT2D eigenvalue weighted by molar-refractivity contribution is 5.52. The highest BCUT2D eigenvalue weighted by atomic mass is 16.5. The maximum Gasteiger partial charge on any atom is 0.171 e. The lowest BCUT2D eigenvalue weighted by Crippen LogP contribution is -2.40. The summed E-state index contributed by atoms with van der Waals surface area (Å²) in [5.74, 6) is 1.86. The summed E-state index contributed by atoms with van der Waals surface area (Å²) in [7, 11) is 0. The van der Waals surface area contributed by atoms with E-state index in [2.05, 4.69) is 16.8 Å². The Morgan fingerprint density at radius 2 is 2.24 bits per heavy atom. The summed E-state index contributed by atoms with van der Waals surface area (Å²) in [5, 5.41) is 0. The van der Waals surface area contributed by atoms with Crippen LogP contribution in [0.5, 0.6) is 5.75 Å². The summed E-state index contributed by atoms with van der Waals surface area (Å²) < 4.78 is 5.73. The molecule has 0 radical (unpaired) electrons. The molecule has 94 valence electrons. The van der Waals surface area contributed by atoms with Gasteiger partial charge in [0.1, 0.15) is 0 Å². The molecule has 2 rings (SSSR count). The molecule has 17 heavy (non-hydrogen) atoms. The Labute approximate surface area is 103 Å². The number of nitrogens with zero attached hydrogens (tertiary/aromatic N) is 2. The zero-order valence-corrected chi connectivity index (χ0v) is 10.4. The van der Waals surface area contributed by atoms with Crippen LogP contribution in [-0.2, 0) is 0 Å². The van der Waals surface area contributed by atoms with Gasteiger partial charge < -0.3 is 15.4 Å². The molecule has 0 atom stereocenters. The number of rotatable bonds is 4. The Morgan fingerprint density at radius 3 is 2.94 bits per heavy atom. The minimum absolute atomic E-state index is 0.343. The molecule has 1 aliphatic rings. The molecule has 1 saturated heterocycles. The van der Waals surface area contributed by atoms with E-state index < -0.39 is 0 Å². The van der Waals surface area contributed by atoms with Crippen molar-refractivity contribution in [1.82, 2.24) is 4.98 Å². The average Bonchev–Trinajstić information content (AvgIpc) is 2.38. The highest BCUT2D eigenvalue weighted by Crippen LogP contribution is 2.27. The van der Waals surface area contributed by atoms with Gasteiger partial charge >= 0.3 is 0 Å². The van der Waals surface area contributed by atoms with Crippen molar-refractivity contribution in [2.45, 2.75) is 32.2 Å². The first-order valence-electron chi connectivity index (χ1n) is 6.39. The van der Waals surface area contributed by atoms with Crippen molar-refractivity contribution in [2.24, 2.45) is 5.73 Å². The van der Waals surface area contributed by atoms with Crippen LogP contribution < -0.4 is 15.4 Å². The minimum Gasteiger partial charge on any atom is -0.490 e. The van der Waals surface area contributed by atoms with E-state index in [4.69, 9.17) is 10.5 Å². The molecule has 1 aromatic rings. The molecule has 1 aliphatic heterocycles. The predicted octanol–water partition coefficient (Wildman–Crippen LogP) is 1.80. The standard InChI is InChI=1S/C13H21N3O/c1-2-10-17-12-4-3-7-15-13(12)16-8-5-11(14)6-9-16/h3-4,7,11H,2,5-6,8-10,14H2,1H3. The molecule has 0 bridgehead atoms. The lowest BCUT2D eigenvalue weighted by molar-refractivity contribution is 0.315. The molecule has 0 aromatic carbocycles. The molecule has 0 aliphatic carbocycles. The maximum absolute atomic E-state index is 5.91. The van der Waals surface area contributed by atoms with Crippen LogP contribution in [0, 0.1) is 0 Å². The number of ether oxygens (including phenoxy) is 1. The lowest BCUT2D eigenvalue weighted by Gasteiger charge is -2.31. The second kappa shape index (κ2) is 5.87. The fourth-order valence-corrected chi connectivity index (χ4v) is 2.06. The van der Waals surface area contributed by atoms with Crippen LogP contribution in [0.25, 0.3) is 0 Å². The van der Waals surface area contributed by atoms with Gasteiger partial charge in [-0.3, -0.25) is 0 Å². The van der Waals surface area contributed by atoms with E-state index in [0.717, 1.165) is 50.5 Å². The van der Waals surface area contributed by atoms with Gasteiger partial charge in [0.25, 0.3) is 0 Å². The molecule has 0 unspecified atom stereocenters. The predicted molar refractivity (Wildman–Crippen MR) is 69.4 cm³/mol. The van der Waals surface area contributed by atoms with E-state index in [9.17, 15) is 0 Å². The van der Waals surface area contributed by atoms with Crippen LogP contribution in [-0.4, -0.2) is 30.7 Å². The van der Waals surface area contributed by atoms with E-state index in [1.54, 1.807) is 0 Å². The van der Waals surface area contributed by atoms with Crippen LogP contribution in [0.15, 0.2) is 18.3 Å². The second-order valence-corrected chi connectivity index (χ2v) is 4.50. The van der Waals surface area contributed by atoms with Gasteiger partial charge in [0.05, 0.1) is 6.61 Å². The Bertz CT molecular complexity index is 348. The molecule has 0 amide bonds. The van der Waals surface area contributed by atoms with Crippen LogP contribution in [0.2, 0.25) is 0 Å². The normalized spacial score (nSPS) is 17.2. The van der Waals surface area contributed by atoms with Crippen molar-refractivity contribution in [1.29, 1.82) is 0 Å². The van der Waals surface area contributed by atoms with Gasteiger partial charge in [-0.05, 0) is 31.4 Å². The van der Waals surface area contributed by atoms with Crippen molar-refractivity contribution in [3.63, 3.8) is 0 Å². The number of pyridine rings is 1. The minimum atomic E-state index is 0.343. The van der Waals surface area contributed by atoms with E-state index in [1.807, 2.05) is 18.3 Å². The summed E-state index contributed by atoms with van der Waals surface area (Å²) in [6.45, 7) is 4.79. The van der Waals surface area contributed by atoms with Crippen LogP contribution in [0.3, 0.4) is 0 Å². The first-order valence-corrected chi connectivity index (χ1v) is 6.39. The summed E-state index contributed by atoms with van der Waals surface area (Å²) in [4.78, 5) is 6.71. The Balaban J connectivity index is 2.08. The first kappa shape index (κ1) is 12.2. The number of nitrogens with two attached hydrogens (primary N) is 1. The largest absolute Gasteiger partial charge is 0.490 e. The van der Waals surface area contributed by atoms with Gasteiger partial charge in [-0.25, -0.2) is 4.98 Å². The molecule has 4 heteroatoms. The zero-order valence-electron chi connectivity index (χ0n) is 10.4. The monoisotopic (exact) mass is 235 g/mol. The van der Waals surface area contributed by atoms with Gasteiger partial charge in [-0.2, -0.15) is 0 Å².